The molecule has 0 aromatic heterocycles. The first-order valence-corrected chi connectivity index (χ1v) is 11.1. The summed E-state index contributed by atoms with van der Waals surface area (Å²) in [5.74, 6) is 0.205. The number of hydrogen-bond donors (Lipinski definition) is 2. The summed E-state index contributed by atoms with van der Waals surface area (Å²) in [7, 11) is 0. The van der Waals surface area contributed by atoms with E-state index in [2.05, 4.69) is 24.3 Å². The van der Waals surface area contributed by atoms with Crippen molar-refractivity contribution >= 4 is 32.3 Å². The number of fused-ring (bicyclic) bond motifs is 3. The van der Waals surface area contributed by atoms with Gasteiger partial charge in [0.15, 0.2) is 0 Å². The van der Waals surface area contributed by atoms with Gasteiger partial charge in [-0.1, -0.05) is 109 Å². The van der Waals surface area contributed by atoms with Crippen LogP contribution in [0.4, 0.5) is 0 Å². The fourth-order valence-corrected chi connectivity index (χ4v) is 4.97. The second-order valence-corrected chi connectivity index (χ2v) is 8.40. The smallest absolute Gasteiger partial charge is 0.124 e. The lowest BCUT2D eigenvalue weighted by atomic mass is 9.85. The normalized spacial score (nSPS) is 12.4. The van der Waals surface area contributed by atoms with Crippen LogP contribution in [0.2, 0.25) is 0 Å². The van der Waals surface area contributed by atoms with E-state index >= 15 is 0 Å². The van der Waals surface area contributed by atoms with E-state index < -0.39 is 6.10 Å². The predicted molar refractivity (Wildman–Crippen MR) is 137 cm³/mol. The first-order valence-electron chi connectivity index (χ1n) is 11.1. The molecule has 158 valence electrons. The Kier molecular flexibility index (Phi) is 4.60. The monoisotopic (exact) mass is 426 g/mol. The molecule has 0 saturated carbocycles. The zero-order valence-electron chi connectivity index (χ0n) is 17.9. The Morgan fingerprint density at radius 1 is 0.424 bits per heavy atom. The summed E-state index contributed by atoms with van der Waals surface area (Å²) in [6.07, 6.45) is -0.853. The van der Waals surface area contributed by atoms with Crippen molar-refractivity contribution < 1.29 is 10.2 Å². The lowest BCUT2D eigenvalue weighted by Crippen LogP contribution is -2.04. The van der Waals surface area contributed by atoms with Crippen molar-refractivity contribution in [1.82, 2.24) is 0 Å². The van der Waals surface area contributed by atoms with E-state index in [1.165, 1.54) is 0 Å². The van der Waals surface area contributed by atoms with Crippen LogP contribution in [-0.2, 0) is 0 Å². The van der Waals surface area contributed by atoms with Crippen LogP contribution >= 0.6 is 0 Å². The van der Waals surface area contributed by atoms with Crippen molar-refractivity contribution in [3.63, 3.8) is 0 Å². The largest absolute Gasteiger partial charge is 0.507 e. The summed E-state index contributed by atoms with van der Waals surface area (Å²) in [4.78, 5) is 0. The van der Waals surface area contributed by atoms with Gasteiger partial charge in [0.2, 0.25) is 0 Å². The minimum Gasteiger partial charge on any atom is -0.507 e. The van der Waals surface area contributed by atoms with Crippen molar-refractivity contribution in [3.05, 3.63) is 126 Å². The summed E-state index contributed by atoms with van der Waals surface area (Å²) in [5.41, 5.74) is 3.24. The van der Waals surface area contributed by atoms with Crippen LogP contribution in [0.25, 0.3) is 43.4 Å². The van der Waals surface area contributed by atoms with Gasteiger partial charge in [-0.25, -0.2) is 0 Å². The Balaban J connectivity index is 1.71. The molecule has 1 atom stereocenters. The maximum absolute atomic E-state index is 11.8. The van der Waals surface area contributed by atoms with E-state index in [1.807, 2.05) is 84.9 Å². The molecule has 0 radical (unpaired) electrons. The van der Waals surface area contributed by atoms with Gasteiger partial charge in [0, 0.05) is 5.56 Å². The Morgan fingerprint density at radius 2 is 0.939 bits per heavy atom. The molecule has 2 N–H and O–H groups in total. The highest BCUT2D eigenvalue weighted by Crippen LogP contribution is 2.45. The summed E-state index contributed by atoms with van der Waals surface area (Å²) in [6.45, 7) is 0. The fraction of sp³-hybridized carbons (Fsp3) is 0.0323. The summed E-state index contributed by atoms with van der Waals surface area (Å²) < 4.78 is 0. The molecule has 2 heteroatoms. The molecule has 0 heterocycles. The zero-order valence-corrected chi connectivity index (χ0v) is 17.9. The highest BCUT2D eigenvalue weighted by atomic mass is 16.3. The molecule has 1 unspecified atom stereocenters. The van der Waals surface area contributed by atoms with Gasteiger partial charge in [-0.2, -0.15) is 0 Å². The van der Waals surface area contributed by atoms with Gasteiger partial charge in [-0.15, -0.1) is 0 Å². The molecule has 2 nitrogen and oxygen atoms in total. The van der Waals surface area contributed by atoms with E-state index in [-0.39, 0.29) is 5.75 Å². The van der Waals surface area contributed by atoms with Crippen molar-refractivity contribution in [3.8, 4) is 16.9 Å². The molecule has 0 aliphatic heterocycles. The molecule has 0 bridgehead atoms. The first-order chi connectivity index (χ1) is 16.2. The molecule has 0 aliphatic rings. The third kappa shape index (κ3) is 3.15. The maximum Gasteiger partial charge on any atom is 0.124 e. The SMILES string of the molecule is Oc1ccc2ccccc2c1-c1c(C(O)c2cccc3ccccc23)ccc2ccccc12. The van der Waals surface area contributed by atoms with Crippen molar-refractivity contribution in [2.45, 2.75) is 6.10 Å². The van der Waals surface area contributed by atoms with Crippen LogP contribution in [0.5, 0.6) is 5.75 Å². The summed E-state index contributed by atoms with van der Waals surface area (Å²) in [5, 5.41) is 29.0. The van der Waals surface area contributed by atoms with Crippen molar-refractivity contribution in [2.75, 3.05) is 0 Å². The third-order valence-electron chi connectivity index (χ3n) is 6.53. The number of aliphatic hydroxyl groups excluding tert-OH is 1. The van der Waals surface area contributed by atoms with Gasteiger partial charge < -0.3 is 10.2 Å². The molecule has 0 spiro atoms. The van der Waals surface area contributed by atoms with Crippen LogP contribution in [0, 0.1) is 0 Å². The Morgan fingerprint density at radius 3 is 1.64 bits per heavy atom. The van der Waals surface area contributed by atoms with E-state index in [9.17, 15) is 10.2 Å². The van der Waals surface area contributed by atoms with Gasteiger partial charge in [0.1, 0.15) is 11.9 Å². The van der Waals surface area contributed by atoms with Crippen molar-refractivity contribution in [2.24, 2.45) is 0 Å². The highest BCUT2D eigenvalue weighted by Gasteiger charge is 2.22. The molecule has 6 aromatic rings. The Bertz CT molecular complexity index is 1640. The number of benzene rings is 6. The first kappa shape index (κ1) is 19.5. The number of phenols is 1. The van der Waals surface area contributed by atoms with Crippen LogP contribution in [0.3, 0.4) is 0 Å². The quantitative estimate of drug-likeness (QED) is 0.306. The number of phenolic OH excluding ortho intramolecular Hbond substituents is 1. The Hall–Kier alpha value is -4.14. The minimum atomic E-state index is -0.853. The maximum atomic E-state index is 11.8. The number of rotatable bonds is 3. The van der Waals surface area contributed by atoms with Gasteiger partial charge in [0.05, 0.1) is 0 Å². The fourth-order valence-electron chi connectivity index (χ4n) is 4.97. The zero-order chi connectivity index (χ0) is 22.4. The highest BCUT2D eigenvalue weighted by molar-refractivity contribution is 6.09. The van der Waals surface area contributed by atoms with Crippen LogP contribution in [-0.4, -0.2) is 10.2 Å². The van der Waals surface area contributed by atoms with E-state index in [4.69, 9.17) is 0 Å². The number of aromatic hydroxyl groups is 1. The van der Waals surface area contributed by atoms with Crippen molar-refractivity contribution in [1.29, 1.82) is 0 Å². The lowest BCUT2D eigenvalue weighted by Gasteiger charge is -2.21. The van der Waals surface area contributed by atoms with Gasteiger partial charge in [-0.3, -0.25) is 0 Å². The van der Waals surface area contributed by atoms with E-state index in [1.54, 1.807) is 6.07 Å². The molecule has 0 amide bonds. The molecule has 6 rings (SSSR count). The molecule has 0 fully saturated rings. The van der Waals surface area contributed by atoms with Crippen LogP contribution in [0.15, 0.2) is 115 Å². The molecule has 6 aromatic carbocycles. The third-order valence-corrected chi connectivity index (χ3v) is 6.53. The average molecular weight is 427 g/mol. The topological polar surface area (TPSA) is 40.5 Å². The second kappa shape index (κ2) is 7.77. The summed E-state index contributed by atoms with van der Waals surface area (Å²) >= 11 is 0. The molecular formula is C31H22O2. The Labute approximate surface area is 192 Å². The average Bonchev–Trinajstić information content (AvgIpc) is 2.87. The predicted octanol–water partition coefficient (Wildman–Crippen LogP) is 7.60. The molecular weight excluding hydrogens is 404 g/mol. The standard InChI is InChI=1S/C31H22O2/c32-28-19-17-22-10-3-6-14-25(22)30(28)29-24-13-5-2-9-21(24)16-18-27(29)31(33)26-15-7-11-20-8-1-4-12-23(20)26/h1-19,31-33H. The number of aliphatic hydroxyl groups is 1. The summed E-state index contributed by atoms with van der Waals surface area (Å²) in [6, 6.07) is 38.0. The van der Waals surface area contributed by atoms with E-state index in [0.29, 0.717) is 0 Å². The van der Waals surface area contributed by atoms with Gasteiger partial charge in [-0.05, 0) is 55.1 Å². The minimum absolute atomic E-state index is 0.205. The lowest BCUT2D eigenvalue weighted by molar-refractivity contribution is 0.222. The molecule has 33 heavy (non-hydrogen) atoms. The van der Waals surface area contributed by atoms with E-state index in [0.717, 1.165) is 54.6 Å². The van der Waals surface area contributed by atoms with Crippen LogP contribution in [0.1, 0.15) is 17.2 Å². The number of hydrogen-bond acceptors (Lipinski definition) is 2. The molecule has 0 aliphatic carbocycles. The van der Waals surface area contributed by atoms with Gasteiger partial charge in [0.25, 0.3) is 0 Å². The van der Waals surface area contributed by atoms with Crippen LogP contribution < -0.4 is 0 Å². The second-order valence-electron chi connectivity index (χ2n) is 8.40. The molecule has 0 saturated heterocycles. The van der Waals surface area contributed by atoms with Gasteiger partial charge >= 0.3 is 0 Å².